The van der Waals surface area contributed by atoms with Crippen LogP contribution < -0.4 is 16.4 Å². The fraction of sp³-hybridized carbons (Fsp3) is 0.167. The van der Waals surface area contributed by atoms with Gasteiger partial charge in [-0.3, -0.25) is 24.6 Å². The van der Waals surface area contributed by atoms with Gasteiger partial charge >= 0.3 is 5.97 Å². The third-order valence-electron chi connectivity index (χ3n) is 2.56. The van der Waals surface area contributed by atoms with Gasteiger partial charge in [0.15, 0.2) is 0 Å². The standard InChI is InChI=1S/C12H11N3O6/c16-8(4-21-5-9(17)18)13-7-3-1-2-6-10(7)12(20)15-14-11(6)19/h1-3H,4-5H2,(H,13,16)(H,14,19)(H,15,20)(H,17,18). The highest BCUT2D eigenvalue weighted by Crippen LogP contribution is 2.16. The zero-order valence-corrected chi connectivity index (χ0v) is 10.6. The number of rotatable bonds is 5. The summed E-state index contributed by atoms with van der Waals surface area (Å²) < 4.78 is 4.63. The Labute approximate surface area is 116 Å². The monoisotopic (exact) mass is 293 g/mol. The number of nitrogens with one attached hydrogen (secondary N) is 3. The zero-order chi connectivity index (χ0) is 15.4. The molecule has 0 bridgehead atoms. The molecule has 1 aromatic carbocycles. The van der Waals surface area contributed by atoms with Crippen molar-refractivity contribution < 1.29 is 19.4 Å². The van der Waals surface area contributed by atoms with Gasteiger partial charge in [0.2, 0.25) is 5.91 Å². The number of H-pyrrole nitrogens is 2. The number of benzene rings is 1. The molecule has 0 aliphatic rings. The van der Waals surface area contributed by atoms with E-state index in [1.807, 2.05) is 0 Å². The summed E-state index contributed by atoms with van der Waals surface area (Å²) in [6.07, 6.45) is 0. The lowest BCUT2D eigenvalue weighted by atomic mass is 10.1. The molecule has 0 spiro atoms. The highest BCUT2D eigenvalue weighted by Gasteiger charge is 2.11. The van der Waals surface area contributed by atoms with Crippen LogP contribution in [0, 0.1) is 0 Å². The van der Waals surface area contributed by atoms with Crippen LogP contribution in [0.2, 0.25) is 0 Å². The van der Waals surface area contributed by atoms with Crippen molar-refractivity contribution in [3.63, 3.8) is 0 Å². The molecule has 21 heavy (non-hydrogen) atoms. The largest absolute Gasteiger partial charge is 0.480 e. The molecule has 1 amide bonds. The van der Waals surface area contributed by atoms with Crippen LogP contribution in [0.15, 0.2) is 27.8 Å². The van der Waals surface area contributed by atoms with Crippen LogP contribution >= 0.6 is 0 Å². The van der Waals surface area contributed by atoms with Crippen LogP contribution in [0.1, 0.15) is 0 Å². The van der Waals surface area contributed by atoms with Gasteiger partial charge < -0.3 is 15.2 Å². The van der Waals surface area contributed by atoms with E-state index in [0.29, 0.717) is 0 Å². The molecular weight excluding hydrogens is 282 g/mol. The normalized spacial score (nSPS) is 10.5. The minimum atomic E-state index is -1.20. The molecule has 9 heteroatoms. The van der Waals surface area contributed by atoms with Crippen molar-refractivity contribution in [1.29, 1.82) is 0 Å². The number of aliphatic carboxylic acids is 1. The molecule has 0 radical (unpaired) electrons. The van der Waals surface area contributed by atoms with Gasteiger partial charge in [-0.2, -0.15) is 0 Å². The van der Waals surface area contributed by atoms with Gasteiger partial charge in [0, 0.05) is 0 Å². The summed E-state index contributed by atoms with van der Waals surface area (Å²) in [5, 5.41) is 15.3. The van der Waals surface area contributed by atoms with Crippen LogP contribution in [0.4, 0.5) is 5.69 Å². The van der Waals surface area contributed by atoms with Gasteiger partial charge in [-0.25, -0.2) is 4.79 Å². The average Bonchev–Trinajstić information content (AvgIpc) is 2.42. The third-order valence-corrected chi connectivity index (χ3v) is 2.56. The second kappa shape index (κ2) is 6.01. The number of amides is 1. The molecular formula is C12H11N3O6. The minimum Gasteiger partial charge on any atom is -0.480 e. The molecule has 1 heterocycles. The van der Waals surface area contributed by atoms with E-state index in [0.717, 1.165) is 0 Å². The summed E-state index contributed by atoms with van der Waals surface area (Å²) >= 11 is 0. The van der Waals surface area contributed by atoms with E-state index in [2.05, 4.69) is 20.3 Å². The number of ether oxygens (including phenoxy) is 1. The predicted molar refractivity (Wildman–Crippen MR) is 72.3 cm³/mol. The molecule has 9 nitrogen and oxygen atoms in total. The first-order valence-electron chi connectivity index (χ1n) is 5.82. The van der Waals surface area contributed by atoms with E-state index in [-0.39, 0.29) is 16.5 Å². The minimum absolute atomic E-state index is 0.0350. The van der Waals surface area contributed by atoms with Crippen molar-refractivity contribution >= 4 is 28.3 Å². The number of carbonyl (C=O) groups is 2. The maximum absolute atomic E-state index is 11.8. The van der Waals surface area contributed by atoms with E-state index in [4.69, 9.17) is 5.11 Å². The average molecular weight is 293 g/mol. The second-order valence-corrected chi connectivity index (χ2v) is 4.07. The Kier molecular flexibility index (Phi) is 4.14. The first kappa shape index (κ1) is 14.5. The quantitative estimate of drug-likeness (QED) is 0.572. The SMILES string of the molecule is O=C(O)COCC(=O)Nc1cccc2c(=O)[nH][nH]c(=O)c12. The van der Waals surface area contributed by atoms with Crippen molar-refractivity contribution in [3.8, 4) is 0 Å². The fourth-order valence-electron chi connectivity index (χ4n) is 1.75. The second-order valence-electron chi connectivity index (χ2n) is 4.07. The lowest BCUT2D eigenvalue weighted by Crippen LogP contribution is -2.24. The number of fused-ring (bicyclic) bond motifs is 1. The van der Waals surface area contributed by atoms with Crippen molar-refractivity contribution in [3.05, 3.63) is 38.9 Å². The Morgan fingerprint density at radius 2 is 1.86 bits per heavy atom. The number of hydrogen-bond donors (Lipinski definition) is 4. The Balaban J connectivity index is 2.25. The van der Waals surface area contributed by atoms with Crippen molar-refractivity contribution in [1.82, 2.24) is 10.2 Å². The van der Waals surface area contributed by atoms with E-state index >= 15 is 0 Å². The number of hydrogen-bond acceptors (Lipinski definition) is 5. The van der Waals surface area contributed by atoms with Gasteiger partial charge in [-0.1, -0.05) is 6.07 Å². The number of carboxylic acid groups (broad SMARTS) is 1. The number of aromatic amines is 2. The summed E-state index contributed by atoms with van der Waals surface area (Å²) in [6, 6.07) is 4.40. The highest BCUT2D eigenvalue weighted by molar-refractivity contribution is 6.01. The van der Waals surface area contributed by atoms with Gasteiger partial charge in [0.25, 0.3) is 11.1 Å². The van der Waals surface area contributed by atoms with Crippen molar-refractivity contribution in [2.45, 2.75) is 0 Å². The van der Waals surface area contributed by atoms with E-state index in [9.17, 15) is 19.2 Å². The van der Waals surface area contributed by atoms with Gasteiger partial charge in [-0.15, -0.1) is 0 Å². The van der Waals surface area contributed by atoms with Crippen molar-refractivity contribution in [2.24, 2.45) is 0 Å². The van der Waals surface area contributed by atoms with Crippen LogP contribution in [0.25, 0.3) is 10.8 Å². The Hall–Kier alpha value is -2.94. The highest BCUT2D eigenvalue weighted by atomic mass is 16.5. The van der Waals surface area contributed by atoms with Crippen LogP contribution in [0.3, 0.4) is 0 Å². The molecule has 2 aromatic rings. The molecule has 1 aromatic heterocycles. The van der Waals surface area contributed by atoms with E-state index < -0.39 is 36.2 Å². The lowest BCUT2D eigenvalue weighted by Gasteiger charge is -2.07. The molecule has 2 rings (SSSR count). The molecule has 0 aliphatic carbocycles. The summed E-state index contributed by atoms with van der Waals surface area (Å²) in [7, 11) is 0. The Morgan fingerprint density at radius 1 is 1.14 bits per heavy atom. The summed E-state index contributed by atoms with van der Waals surface area (Å²) in [5.74, 6) is -1.83. The predicted octanol–water partition coefficient (Wildman–Crippen LogP) is -0.744. The van der Waals surface area contributed by atoms with E-state index in [1.54, 1.807) is 0 Å². The molecule has 110 valence electrons. The zero-order valence-electron chi connectivity index (χ0n) is 10.6. The number of aromatic nitrogens is 2. The molecule has 0 aliphatic heterocycles. The van der Waals surface area contributed by atoms with Gasteiger partial charge in [0.05, 0.1) is 16.5 Å². The van der Waals surface area contributed by atoms with Gasteiger partial charge in [0.1, 0.15) is 13.2 Å². The summed E-state index contributed by atoms with van der Waals surface area (Å²) in [4.78, 5) is 45.2. The first-order chi connectivity index (χ1) is 9.99. The van der Waals surface area contributed by atoms with Crippen molar-refractivity contribution in [2.75, 3.05) is 18.5 Å². The van der Waals surface area contributed by atoms with E-state index in [1.165, 1.54) is 18.2 Å². The Morgan fingerprint density at radius 3 is 2.57 bits per heavy atom. The van der Waals surface area contributed by atoms with Crippen LogP contribution in [-0.2, 0) is 14.3 Å². The summed E-state index contributed by atoms with van der Waals surface area (Å²) in [6.45, 7) is -1.09. The van der Waals surface area contributed by atoms with Crippen LogP contribution in [-0.4, -0.2) is 40.4 Å². The maximum Gasteiger partial charge on any atom is 0.329 e. The fourth-order valence-corrected chi connectivity index (χ4v) is 1.75. The van der Waals surface area contributed by atoms with Crippen LogP contribution in [0.5, 0.6) is 0 Å². The van der Waals surface area contributed by atoms with Gasteiger partial charge in [-0.05, 0) is 12.1 Å². The molecule has 0 saturated carbocycles. The lowest BCUT2D eigenvalue weighted by molar-refractivity contribution is -0.143. The Bertz CT molecular complexity index is 806. The number of carboxylic acids is 1. The molecule has 4 N–H and O–H groups in total. The third kappa shape index (κ3) is 3.34. The molecule has 0 saturated heterocycles. The number of anilines is 1. The maximum atomic E-state index is 11.8. The number of carbonyl (C=O) groups excluding carboxylic acids is 1. The topological polar surface area (TPSA) is 141 Å². The first-order valence-corrected chi connectivity index (χ1v) is 5.82. The smallest absolute Gasteiger partial charge is 0.329 e. The molecule has 0 atom stereocenters. The molecule has 0 fully saturated rings. The summed E-state index contributed by atoms with van der Waals surface area (Å²) in [5.41, 5.74) is -0.918. The molecule has 0 unspecified atom stereocenters.